The molecule has 0 amide bonds. The molecule has 0 N–H and O–H groups in total. The topological polar surface area (TPSA) is 48.0 Å². The molecule has 2 aromatic heterocycles. The Balaban J connectivity index is 2.42. The van der Waals surface area contributed by atoms with Gasteiger partial charge in [0, 0.05) is 6.07 Å². The van der Waals surface area contributed by atoms with Gasteiger partial charge in [0.1, 0.15) is 11.1 Å². The molecule has 3 rings (SSSR count). The zero-order valence-corrected chi connectivity index (χ0v) is 10.2. The number of hydrogen-bond donors (Lipinski definition) is 0. The van der Waals surface area contributed by atoms with Gasteiger partial charge in [-0.3, -0.25) is 4.79 Å². The van der Waals surface area contributed by atoms with E-state index in [1.54, 1.807) is 11.6 Å². The summed E-state index contributed by atoms with van der Waals surface area (Å²) in [5, 5.41) is 4.93. The van der Waals surface area contributed by atoms with Crippen LogP contribution in [0.5, 0.6) is 0 Å². The summed E-state index contributed by atoms with van der Waals surface area (Å²) in [6.07, 6.45) is 0. The van der Waals surface area contributed by atoms with Crippen LogP contribution in [0.15, 0.2) is 45.6 Å². The molecule has 2 heterocycles. The van der Waals surface area contributed by atoms with Gasteiger partial charge in [-0.25, -0.2) is 0 Å². The van der Waals surface area contributed by atoms with Gasteiger partial charge in [-0.2, -0.15) is 9.78 Å². The van der Waals surface area contributed by atoms with Crippen molar-refractivity contribution in [1.29, 1.82) is 0 Å². The molecule has 4 nitrogen and oxygen atoms in total. The number of aromatic nitrogens is 2. The number of para-hydroxylation sites is 1. The molecule has 0 radical (unpaired) electrons. The van der Waals surface area contributed by atoms with Crippen molar-refractivity contribution in [3.05, 3.63) is 58.1 Å². The Hall–Kier alpha value is -2.36. The molecule has 0 aliphatic heterocycles. The Labute approximate surface area is 103 Å². The number of benzene rings is 1. The van der Waals surface area contributed by atoms with E-state index in [1.165, 1.54) is 6.07 Å². The summed E-state index contributed by atoms with van der Waals surface area (Å²) in [6, 6.07) is 11.1. The van der Waals surface area contributed by atoms with Crippen LogP contribution in [-0.4, -0.2) is 9.78 Å². The number of fused-ring (bicyclic) bond motifs is 1. The molecule has 0 saturated heterocycles. The SMILES string of the molecule is Cc1cc(=O)c2c(C)nn(-c3ccccc3)c2o1. The Morgan fingerprint density at radius 1 is 1.17 bits per heavy atom. The Kier molecular flexibility index (Phi) is 2.30. The van der Waals surface area contributed by atoms with E-state index in [2.05, 4.69) is 5.10 Å². The fourth-order valence-electron chi connectivity index (χ4n) is 2.07. The fraction of sp³-hybridized carbons (Fsp3) is 0.143. The maximum atomic E-state index is 12.0. The third kappa shape index (κ3) is 1.54. The standard InChI is InChI=1S/C14H12N2O2/c1-9-8-12(17)13-10(2)15-16(14(13)18-9)11-6-4-3-5-7-11/h3-8H,1-2H3. The summed E-state index contributed by atoms with van der Waals surface area (Å²) in [6.45, 7) is 3.58. The van der Waals surface area contributed by atoms with Crippen LogP contribution in [0.3, 0.4) is 0 Å². The van der Waals surface area contributed by atoms with Crippen LogP contribution in [0.4, 0.5) is 0 Å². The average molecular weight is 240 g/mol. The highest BCUT2D eigenvalue weighted by Crippen LogP contribution is 2.19. The average Bonchev–Trinajstić information content (AvgIpc) is 2.67. The molecule has 0 unspecified atom stereocenters. The first-order chi connectivity index (χ1) is 8.66. The van der Waals surface area contributed by atoms with E-state index in [0.29, 0.717) is 22.6 Å². The van der Waals surface area contributed by atoms with Gasteiger partial charge in [0.25, 0.3) is 0 Å². The summed E-state index contributed by atoms with van der Waals surface area (Å²) in [5.74, 6) is 0.588. The van der Waals surface area contributed by atoms with Gasteiger partial charge < -0.3 is 4.42 Å². The lowest BCUT2D eigenvalue weighted by molar-refractivity contribution is 0.539. The van der Waals surface area contributed by atoms with Crippen molar-refractivity contribution in [1.82, 2.24) is 9.78 Å². The maximum absolute atomic E-state index is 12.0. The van der Waals surface area contributed by atoms with E-state index in [1.807, 2.05) is 37.3 Å². The fourth-order valence-corrected chi connectivity index (χ4v) is 2.07. The van der Waals surface area contributed by atoms with Gasteiger partial charge in [0.15, 0.2) is 5.43 Å². The zero-order valence-electron chi connectivity index (χ0n) is 10.2. The first-order valence-corrected chi connectivity index (χ1v) is 5.72. The molecule has 0 saturated carbocycles. The normalized spacial score (nSPS) is 11.0. The smallest absolute Gasteiger partial charge is 0.233 e. The first kappa shape index (κ1) is 10.8. The number of nitrogens with zero attached hydrogens (tertiary/aromatic N) is 2. The van der Waals surface area contributed by atoms with Crippen LogP contribution in [-0.2, 0) is 0 Å². The van der Waals surface area contributed by atoms with E-state index in [-0.39, 0.29) is 5.43 Å². The molecule has 1 aromatic carbocycles. The van der Waals surface area contributed by atoms with Crippen LogP contribution in [0.2, 0.25) is 0 Å². The van der Waals surface area contributed by atoms with Crippen molar-refractivity contribution in [2.24, 2.45) is 0 Å². The van der Waals surface area contributed by atoms with Crippen molar-refractivity contribution in [2.75, 3.05) is 0 Å². The predicted molar refractivity (Wildman–Crippen MR) is 69.1 cm³/mol. The molecular formula is C14H12N2O2. The Bertz CT molecular complexity index is 770. The molecule has 18 heavy (non-hydrogen) atoms. The van der Waals surface area contributed by atoms with Crippen LogP contribution >= 0.6 is 0 Å². The van der Waals surface area contributed by atoms with Crippen LogP contribution in [0.1, 0.15) is 11.5 Å². The second-order valence-electron chi connectivity index (χ2n) is 4.23. The highest BCUT2D eigenvalue weighted by molar-refractivity contribution is 5.77. The molecule has 0 atom stereocenters. The molecule has 3 aromatic rings. The minimum atomic E-state index is -0.0477. The van der Waals surface area contributed by atoms with E-state index in [9.17, 15) is 4.79 Å². The Morgan fingerprint density at radius 3 is 2.61 bits per heavy atom. The zero-order chi connectivity index (χ0) is 12.7. The van der Waals surface area contributed by atoms with Crippen molar-refractivity contribution in [3.8, 4) is 5.69 Å². The third-order valence-corrected chi connectivity index (χ3v) is 2.86. The molecular weight excluding hydrogens is 228 g/mol. The number of rotatable bonds is 1. The molecule has 0 spiro atoms. The molecule has 0 aliphatic rings. The summed E-state index contributed by atoms with van der Waals surface area (Å²) in [5.41, 5.74) is 2.02. The summed E-state index contributed by atoms with van der Waals surface area (Å²) >= 11 is 0. The Morgan fingerprint density at radius 2 is 1.89 bits per heavy atom. The lowest BCUT2D eigenvalue weighted by Crippen LogP contribution is -2.01. The maximum Gasteiger partial charge on any atom is 0.233 e. The van der Waals surface area contributed by atoms with Gasteiger partial charge in [0.2, 0.25) is 5.71 Å². The van der Waals surface area contributed by atoms with E-state index in [0.717, 1.165) is 5.69 Å². The van der Waals surface area contributed by atoms with Gasteiger partial charge in [-0.15, -0.1) is 0 Å². The summed E-state index contributed by atoms with van der Waals surface area (Å²) in [4.78, 5) is 12.0. The predicted octanol–water partition coefficient (Wildman–Crippen LogP) is 2.60. The van der Waals surface area contributed by atoms with Crippen LogP contribution in [0.25, 0.3) is 16.8 Å². The van der Waals surface area contributed by atoms with Crippen LogP contribution < -0.4 is 5.43 Å². The van der Waals surface area contributed by atoms with Gasteiger partial charge >= 0.3 is 0 Å². The summed E-state index contributed by atoms with van der Waals surface area (Å²) < 4.78 is 7.32. The van der Waals surface area contributed by atoms with Crippen molar-refractivity contribution < 1.29 is 4.42 Å². The van der Waals surface area contributed by atoms with Gasteiger partial charge in [-0.1, -0.05) is 18.2 Å². The minimum Gasteiger partial charge on any atom is -0.443 e. The molecule has 0 bridgehead atoms. The summed E-state index contributed by atoms with van der Waals surface area (Å²) in [7, 11) is 0. The second kappa shape index (κ2) is 3.84. The highest BCUT2D eigenvalue weighted by Gasteiger charge is 2.14. The van der Waals surface area contributed by atoms with E-state index >= 15 is 0 Å². The highest BCUT2D eigenvalue weighted by atomic mass is 16.3. The van der Waals surface area contributed by atoms with Gasteiger partial charge in [-0.05, 0) is 26.0 Å². The van der Waals surface area contributed by atoms with Gasteiger partial charge in [0.05, 0.1) is 11.4 Å². The van der Waals surface area contributed by atoms with Crippen molar-refractivity contribution in [2.45, 2.75) is 13.8 Å². The number of aryl methyl sites for hydroxylation is 2. The monoisotopic (exact) mass is 240 g/mol. The lowest BCUT2D eigenvalue weighted by atomic mass is 10.2. The van der Waals surface area contributed by atoms with Crippen molar-refractivity contribution in [3.63, 3.8) is 0 Å². The number of hydrogen-bond acceptors (Lipinski definition) is 3. The quantitative estimate of drug-likeness (QED) is 0.656. The van der Waals surface area contributed by atoms with Crippen LogP contribution in [0, 0.1) is 13.8 Å². The van der Waals surface area contributed by atoms with E-state index < -0.39 is 0 Å². The first-order valence-electron chi connectivity index (χ1n) is 5.72. The molecule has 90 valence electrons. The lowest BCUT2D eigenvalue weighted by Gasteiger charge is -2.01. The third-order valence-electron chi connectivity index (χ3n) is 2.86. The molecule has 0 aliphatic carbocycles. The van der Waals surface area contributed by atoms with E-state index in [4.69, 9.17) is 4.42 Å². The largest absolute Gasteiger partial charge is 0.443 e. The molecule has 0 fully saturated rings. The second-order valence-corrected chi connectivity index (χ2v) is 4.23. The van der Waals surface area contributed by atoms with Crippen molar-refractivity contribution >= 4 is 11.1 Å². The molecule has 4 heteroatoms. The minimum absolute atomic E-state index is 0.0477.